The summed E-state index contributed by atoms with van der Waals surface area (Å²) in [6.07, 6.45) is 0.268. The second-order valence-corrected chi connectivity index (χ2v) is 5.44. The van der Waals surface area contributed by atoms with Crippen LogP contribution >= 0.6 is 11.3 Å². The highest BCUT2D eigenvalue weighted by Crippen LogP contribution is 2.24. The first-order valence-corrected chi connectivity index (χ1v) is 6.90. The normalized spacial score (nSPS) is 12.7. The van der Waals surface area contributed by atoms with E-state index in [-0.39, 0.29) is 0 Å². The van der Waals surface area contributed by atoms with Gasteiger partial charge in [-0.25, -0.2) is 0 Å². The van der Waals surface area contributed by atoms with Crippen molar-refractivity contribution in [3.63, 3.8) is 0 Å². The Kier molecular flexibility index (Phi) is 3.13. The number of aliphatic hydroxyl groups excluding tert-OH is 1. The zero-order valence-corrected chi connectivity index (χ0v) is 10.7. The molecule has 3 aromatic rings. The van der Waals surface area contributed by atoms with Crippen LogP contribution in [0.2, 0.25) is 0 Å². The fraction of sp³-hybridized carbons (Fsp3) is 0.125. The van der Waals surface area contributed by atoms with E-state index >= 15 is 0 Å². The van der Waals surface area contributed by atoms with Crippen LogP contribution in [0.1, 0.15) is 16.5 Å². The number of rotatable bonds is 3. The highest BCUT2D eigenvalue weighted by molar-refractivity contribution is 7.09. The average molecular weight is 254 g/mol. The van der Waals surface area contributed by atoms with Crippen molar-refractivity contribution in [1.29, 1.82) is 0 Å². The number of hydrogen-bond donors (Lipinski definition) is 1. The maximum atomic E-state index is 10.3. The van der Waals surface area contributed by atoms with Crippen LogP contribution in [0, 0.1) is 0 Å². The van der Waals surface area contributed by atoms with Crippen molar-refractivity contribution in [2.75, 3.05) is 0 Å². The highest BCUT2D eigenvalue weighted by Gasteiger charge is 2.09. The molecule has 1 atom stereocenters. The third-order valence-corrected chi connectivity index (χ3v) is 4.03. The summed E-state index contributed by atoms with van der Waals surface area (Å²) in [5, 5.41) is 14.7. The Morgan fingerprint density at radius 3 is 2.56 bits per heavy atom. The molecular weight excluding hydrogens is 240 g/mol. The lowest BCUT2D eigenvalue weighted by atomic mass is 10.0. The predicted molar refractivity (Wildman–Crippen MR) is 76.9 cm³/mol. The van der Waals surface area contributed by atoms with Crippen molar-refractivity contribution in [2.24, 2.45) is 0 Å². The van der Waals surface area contributed by atoms with E-state index < -0.39 is 6.10 Å². The molecule has 1 aromatic heterocycles. The molecule has 3 rings (SSSR count). The molecule has 0 saturated carbocycles. The van der Waals surface area contributed by atoms with Gasteiger partial charge in [-0.2, -0.15) is 0 Å². The Balaban J connectivity index is 1.89. The minimum atomic E-state index is -0.423. The molecule has 0 saturated heterocycles. The molecule has 0 aliphatic carbocycles. The molecule has 0 aliphatic rings. The Morgan fingerprint density at radius 2 is 1.78 bits per heavy atom. The number of fused-ring (bicyclic) bond motifs is 1. The summed E-state index contributed by atoms with van der Waals surface area (Å²) >= 11 is 1.69. The molecule has 1 nitrogen and oxygen atoms in total. The minimum Gasteiger partial charge on any atom is -0.388 e. The smallest absolute Gasteiger partial charge is 0.0838 e. The first-order chi connectivity index (χ1) is 8.83. The molecule has 2 heteroatoms. The molecule has 1 N–H and O–H groups in total. The Morgan fingerprint density at radius 1 is 0.944 bits per heavy atom. The van der Waals surface area contributed by atoms with Gasteiger partial charge in [-0.3, -0.25) is 0 Å². The van der Waals surface area contributed by atoms with E-state index in [1.807, 2.05) is 29.6 Å². The SMILES string of the molecule is OC(Cc1cccs1)c1ccc2ccccc2c1. The van der Waals surface area contributed by atoms with Crippen LogP contribution < -0.4 is 0 Å². The lowest BCUT2D eigenvalue weighted by Crippen LogP contribution is -2.00. The molecular formula is C16H14OS. The largest absolute Gasteiger partial charge is 0.388 e. The maximum absolute atomic E-state index is 10.3. The zero-order chi connectivity index (χ0) is 12.4. The molecule has 0 fully saturated rings. The van der Waals surface area contributed by atoms with Crippen molar-refractivity contribution in [3.8, 4) is 0 Å². The van der Waals surface area contributed by atoms with E-state index in [1.165, 1.54) is 15.6 Å². The third kappa shape index (κ3) is 2.30. The summed E-state index contributed by atoms with van der Waals surface area (Å²) in [7, 11) is 0. The Labute approximate surface area is 110 Å². The fourth-order valence-electron chi connectivity index (χ4n) is 2.15. The van der Waals surface area contributed by atoms with Crippen LogP contribution in [0.4, 0.5) is 0 Å². The second-order valence-electron chi connectivity index (χ2n) is 4.41. The number of thiophene rings is 1. The first-order valence-electron chi connectivity index (χ1n) is 6.02. The molecule has 0 aliphatic heterocycles. The van der Waals surface area contributed by atoms with Gasteiger partial charge in [0.05, 0.1) is 6.10 Å². The van der Waals surface area contributed by atoms with Crippen LogP contribution in [-0.2, 0) is 6.42 Å². The fourth-order valence-corrected chi connectivity index (χ4v) is 2.90. The van der Waals surface area contributed by atoms with Gasteiger partial charge in [0.2, 0.25) is 0 Å². The van der Waals surface area contributed by atoms with Crippen molar-refractivity contribution in [2.45, 2.75) is 12.5 Å². The lowest BCUT2D eigenvalue weighted by Gasteiger charge is -2.10. The third-order valence-electron chi connectivity index (χ3n) is 3.13. The minimum absolute atomic E-state index is 0.423. The van der Waals surface area contributed by atoms with Crippen LogP contribution in [0.15, 0.2) is 60.0 Å². The van der Waals surface area contributed by atoms with Gasteiger partial charge < -0.3 is 5.11 Å². The van der Waals surface area contributed by atoms with Crippen LogP contribution in [0.5, 0.6) is 0 Å². The molecule has 90 valence electrons. The molecule has 0 bridgehead atoms. The zero-order valence-electron chi connectivity index (χ0n) is 9.91. The Bertz CT molecular complexity index is 643. The van der Waals surface area contributed by atoms with E-state index in [0.29, 0.717) is 6.42 Å². The summed E-state index contributed by atoms with van der Waals surface area (Å²) in [6.45, 7) is 0. The maximum Gasteiger partial charge on any atom is 0.0838 e. The van der Waals surface area contributed by atoms with Gasteiger partial charge in [-0.1, -0.05) is 42.5 Å². The van der Waals surface area contributed by atoms with Gasteiger partial charge in [0.25, 0.3) is 0 Å². The van der Waals surface area contributed by atoms with Gasteiger partial charge in [0.1, 0.15) is 0 Å². The van der Waals surface area contributed by atoms with E-state index in [9.17, 15) is 5.11 Å². The summed E-state index contributed by atoms with van der Waals surface area (Å²) < 4.78 is 0. The van der Waals surface area contributed by atoms with Gasteiger partial charge in [-0.05, 0) is 33.8 Å². The van der Waals surface area contributed by atoms with Crippen molar-refractivity contribution in [3.05, 3.63) is 70.4 Å². The lowest BCUT2D eigenvalue weighted by molar-refractivity contribution is 0.179. The van der Waals surface area contributed by atoms with Gasteiger partial charge in [0, 0.05) is 11.3 Å². The van der Waals surface area contributed by atoms with Crippen molar-refractivity contribution in [1.82, 2.24) is 0 Å². The highest BCUT2D eigenvalue weighted by atomic mass is 32.1. The topological polar surface area (TPSA) is 20.2 Å². The molecule has 0 radical (unpaired) electrons. The second kappa shape index (κ2) is 4.92. The van der Waals surface area contributed by atoms with E-state index in [4.69, 9.17) is 0 Å². The Hall–Kier alpha value is -1.64. The number of hydrogen-bond acceptors (Lipinski definition) is 2. The summed E-state index contributed by atoms with van der Waals surface area (Å²) in [6, 6.07) is 18.5. The van der Waals surface area contributed by atoms with Crippen LogP contribution in [-0.4, -0.2) is 5.11 Å². The quantitative estimate of drug-likeness (QED) is 0.743. The van der Waals surface area contributed by atoms with Gasteiger partial charge in [-0.15, -0.1) is 11.3 Å². The molecule has 1 heterocycles. The van der Waals surface area contributed by atoms with Crippen LogP contribution in [0.25, 0.3) is 10.8 Å². The summed E-state index contributed by atoms with van der Waals surface area (Å²) in [5.41, 5.74) is 0.988. The molecule has 2 aromatic carbocycles. The predicted octanol–water partition coefficient (Wildman–Crippen LogP) is 4.18. The van der Waals surface area contributed by atoms with E-state index in [2.05, 4.69) is 30.3 Å². The van der Waals surface area contributed by atoms with E-state index in [1.54, 1.807) is 11.3 Å². The van der Waals surface area contributed by atoms with Gasteiger partial charge >= 0.3 is 0 Å². The number of aliphatic hydroxyl groups is 1. The summed E-state index contributed by atoms with van der Waals surface area (Å²) in [4.78, 5) is 1.22. The average Bonchev–Trinajstić information content (AvgIpc) is 2.91. The monoisotopic (exact) mass is 254 g/mol. The summed E-state index contributed by atoms with van der Waals surface area (Å²) in [5.74, 6) is 0. The van der Waals surface area contributed by atoms with Gasteiger partial charge in [0.15, 0.2) is 0 Å². The molecule has 18 heavy (non-hydrogen) atoms. The molecule has 1 unspecified atom stereocenters. The van der Waals surface area contributed by atoms with Crippen LogP contribution in [0.3, 0.4) is 0 Å². The van der Waals surface area contributed by atoms with E-state index in [0.717, 1.165) is 5.56 Å². The first kappa shape index (κ1) is 11.5. The van der Waals surface area contributed by atoms with Crippen molar-refractivity contribution < 1.29 is 5.11 Å². The standard InChI is InChI=1S/C16H14OS/c17-16(11-15-6-3-9-18-15)14-8-7-12-4-1-2-5-13(12)10-14/h1-10,16-17H,11H2. The molecule has 0 spiro atoms. The van der Waals surface area contributed by atoms with Crippen molar-refractivity contribution >= 4 is 22.1 Å². The molecule has 0 amide bonds. The number of benzene rings is 2.